The molecule has 0 bridgehead atoms. The molecular formula is C16H23N3O2. The molecule has 0 aromatic heterocycles. The second-order valence-corrected chi connectivity index (χ2v) is 5.66. The molecule has 2 amide bonds. The number of nitrogens with one attached hydrogen (secondary N) is 1. The first-order chi connectivity index (χ1) is 10.1. The van der Waals surface area contributed by atoms with Crippen LogP contribution in [0.3, 0.4) is 0 Å². The van der Waals surface area contributed by atoms with E-state index >= 15 is 0 Å². The normalized spacial score (nSPS) is 21.6. The van der Waals surface area contributed by atoms with Gasteiger partial charge in [0, 0.05) is 18.8 Å². The molecule has 0 radical (unpaired) electrons. The third kappa shape index (κ3) is 4.29. The lowest BCUT2D eigenvalue weighted by Gasteiger charge is -2.30. The summed E-state index contributed by atoms with van der Waals surface area (Å²) in [6.45, 7) is 0.0525. The topological polar surface area (TPSA) is 75.4 Å². The van der Waals surface area contributed by atoms with Crippen LogP contribution in [0.2, 0.25) is 0 Å². The van der Waals surface area contributed by atoms with E-state index in [9.17, 15) is 9.59 Å². The molecule has 2 atom stereocenters. The highest BCUT2D eigenvalue weighted by Crippen LogP contribution is 2.24. The van der Waals surface area contributed by atoms with E-state index in [0.29, 0.717) is 0 Å². The highest BCUT2D eigenvalue weighted by molar-refractivity contribution is 5.94. The Morgan fingerprint density at radius 1 is 1.24 bits per heavy atom. The molecule has 5 heteroatoms. The van der Waals surface area contributed by atoms with Gasteiger partial charge in [0.25, 0.3) is 0 Å². The van der Waals surface area contributed by atoms with Gasteiger partial charge < -0.3 is 16.0 Å². The van der Waals surface area contributed by atoms with Gasteiger partial charge >= 0.3 is 0 Å². The number of nitrogens with zero attached hydrogens (tertiary/aromatic N) is 1. The summed E-state index contributed by atoms with van der Waals surface area (Å²) < 4.78 is 0. The molecule has 0 aliphatic heterocycles. The summed E-state index contributed by atoms with van der Waals surface area (Å²) >= 11 is 0. The Hall–Kier alpha value is -1.88. The fraction of sp³-hybridized carbons (Fsp3) is 0.500. The maximum absolute atomic E-state index is 12.4. The molecule has 1 aliphatic rings. The first-order valence-corrected chi connectivity index (χ1v) is 7.43. The Bertz CT molecular complexity index is 490. The molecule has 2 unspecified atom stereocenters. The Labute approximate surface area is 125 Å². The molecule has 1 fully saturated rings. The molecule has 1 aromatic carbocycles. The van der Waals surface area contributed by atoms with Crippen molar-refractivity contribution >= 4 is 17.5 Å². The lowest BCUT2D eigenvalue weighted by molar-refractivity contribution is -0.138. The lowest BCUT2D eigenvalue weighted by atomic mass is 9.84. The van der Waals surface area contributed by atoms with Crippen molar-refractivity contribution in [3.63, 3.8) is 0 Å². The van der Waals surface area contributed by atoms with Crippen molar-refractivity contribution < 1.29 is 9.59 Å². The molecule has 0 heterocycles. The summed E-state index contributed by atoms with van der Waals surface area (Å²) in [6, 6.07) is 9.14. The van der Waals surface area contributed by atoms with Gasteiger partial charge in [-0.1, -0.05) is 31.0 Å². The number of benzene rings is 1. The van der Waals surface area contributed by atoms with Crippen molar-refractivity contribution in [1.29, 1.82) is 0 Å². The van der Waals surface area contributed by atoms with Gasteiger partial charge in [-0.15, -0.1) is 0 Å². The largest absolute Gasteiger partial charge is 0.336 e. The molecule has 0 saturated heterocycles. The molecule has 2 rings (SSSR count). The Kier molecular flexibility index (Phi) is 5.33. The number of likely N-dealkylation sites (N-methyl/N-ethyl adjacent to an activating group) is 1. The van der Waals surface area contributed by atoms with Crippen LogP contribution in [-0.4, -0.2) is 36.3 Å². The second kappa shape index (κ2) is 7.22. The van der Waals surface area contributed by atoms with Gasteiger partial charge in [0.1, 0.15) is 0 Å². The highest BCUT2D eigenvalue weighted by atomic mass is 16.2. The number of para-hydroxylation sites is 1. The summed E-state index contributed by atoms with van der Waals surface area (Å²) in [5.41, 5.74) is 6.76. The first kappa shape index (κ1) is 15.5. The van der Waals surface area contributed by atoms with E-state index in [1.54, 1.807) is 7.05 Å². The minimum absolute atomic E-state index is 0.0228. The minimum atomic E-state index is -0.193. The molecule has 1 aliphatic carbocycles. The number of amides is 2. The van der Waals surface area contributed by atoms with E-state index < -0.39 is 0 Å². The Balaban J connectivity index is 1.86. The molecule has 1 aromatic rings. The predicted octanol–water partition coefficient (Wildman–Crippen LogP) is 1.60. The van der Waals surface area contributed by atoms with Crippen LogP contribution in [0, 0.1) is 5.92 Å². The van der Waals surface area contributed by atoms with Crippen molar-refractivity contribution in [3.05, 3.63) is 30.3 Å². The molecule has 1 saturated carbocycles. The first-order valence-electron chi connectivity index (χ1n) is 7.43. The van der Waals surface area contributed by atoms with Crippen molar-refractivity contribution in [1.82, 2.24) is 4.90 Å². The average molecular weight is 289 g/mol. The van der Waals surface area contributed by atoms with Gasteiger partial charge in [-0.3, -0.25) is 9.59 Å². The van der Waals surface area contributed by atoms with Crippen LogP contribution in [0.15, 0.2) is 30.3 Å². The summed E-state index contributed by atoms with van der Waals surface area (Å²) in [4.78, 5) is 25.8. The fourth-order valence-electron chi connectivity index (χ4n) is 2.76. The van der Waals surface area contributed by atoms with Gasteiger partial charge in [-0.2, -0.15) is 0 Å². The number of nitrogens with two attached hydrogens (primary N) is 1. The van der Waals surface area contributed by atoms with Gasteiger partial charge in [-0.25, -0.2) is 0 Å². The van der Waals surface area contributed by atoms with Crippen molar-refractivity contribution in [2.45, 2.75) is 31.7 Å². The third-order valence-corrected chi connectivity index (χ3v) is 3.95. The number of carbonyl (C=O) groups is 2. The van der Waals surface area contributed by atoms with Crippen molar-refractivity contribution in [3.8, 4) is 0 Å². The molecule has 21 heavy (non-hydrogen) atoms. The van der Waals surface area contributed by atoms with E-state index in [-0.39, 0.29) is 30.3 Å². The number of hydrogen-bond acceptors (Lipinski definition) is 3. The van der Waals surface area contributed by atoms with Crippen LogP contribution in [0.5, 0.6) is 0 Å². The van der Waals surface area contributed by atoms with Gasteiger partial charge in [-0.05, 0) is 25.0 Å². The monoisotopic (exact) mass is 289 g/mol. The summed E-state index contributed by atoms with van der Waals surface area (Å²) in [5.74, 6) is -0.361. The zero-order valence-corrected chi connectivity index (χ0v) is 12.4. The van der Waals surface area contributed by atoms with Gasteiger partial charge in [0.2, 0.25) is 11.8 Å². The van der Waals surface area contributed by atoms with E-state index in [2.05, 4.69) is 5.32 Å². The molecule has 0 spiro atoms. The fourth-order valence-corrected chi connectivity index (χ4v) is 2.76. The molecule has 114 valence electrons. The van der Waals surface area contributed by atoms with Crippen molar-refractivity contribution in [2.75, 3.05) is 18.9 Å². The van der Waals surface area contributed by atoms with Crippen molar-refractivity contribution in [2.24, 2.45) is 11.7 Å². The standard InChI is InChI=1S/C16H23N3O2/c1-19(16(21)13-9-5-6-10-14(13)17)11-15(20)18-12-7-3-2-4-8-12/h2-4,7-8,13-14H,5-6,9-11,17H2,1H3,(H,18,20). The van der Waals surface area contributed by atoms with E-state index in [4.69, 9.17) is 5.73 Å². The Morgan fingerprint density at radius 2 is 1.90 bits per heavy atom. The van der Waals surface area contributed by atoms with E-state index in [1.807, 2.05) is 30.3 Å². The summed E-state index contributed by atoms with van der Waals surface area (Å²) in [6.07, 6.45) is 3.84. The highest BCUT2D eigenvalue weighted by Gasteiger charge is 2.30. The van der Waals surface area contributed by atoms with Crippen LogP contribution in [0.1, 0.15) is 25.7 Å². The average Bonchev–Trinajstić information content (AvgIpc) is 2.48. The summed E-state index contributed by atoms with van der Waals surface area (Å²) in [7, 11) is 1.66. The number of anilines is 1. The van der Waals surface area contributed by atoms with E-state index in [0.717, 1.165) is 31.4 Å². The van der Waals surface area contributed by atoms with Crippen LogP contribution in [0.25, 0.3) is 0 Å². The maximum Gasteiger partial charge on any atom is 0.243 e. The molecule has 5 nitrogen and oxygen atoms in total. The van der Waals surface area contributed by atoms with E-state index in [1.165, 1.54) is 4.90 Å². The van der Waals surface area contributed by atoms with Crippen LogP contribution < -0.4 is 11.1 Å². The quantitative estimate of drug-likeness (QED) is 0.884. The Morgan fingerprint density at radius 3 is 2.57 bits per heavy atom. The van der Waals surface area contributed by atoms with Crippen LogP contribution >= 0.6 is 0 Å². The second-order valence-electron chi connectivity index (χ2n) is 5.66. The minimum Gasteiger partial charge on any atom is -0.336 e. The van der Waals surface area contributed by atoms with Gasteiger partial charge in [0.05, 0.1) is 12.5 Å². The third-order valence-electron chi connectivity index (χ3n) is 3.95. The van der Waals surface area contributed by atoms with Crippen LogP contribution in [0.4, 0.5) is 5.69 Å². The number of carbonyl (C=O) groups excluding carboxylic acids is 2. The summed E-state index contributed by atoms with van der Waals surface area (Å²) in [5, 5.41) is 2.78. The maximum atomic E-state index is 12.4. The predicted molar refractivity (Wildman–Crippen MR) is 82.6 cm³/mol. The smallest absolute Gasteiger partial charge is 0.243 e. The molecule has 3 N–H and O–H groups in total. The zero-order valence-electron chi connectivity index (χ0n) is 12.4. The number of hydrogen-bond donors (Lipinski definition) is 2. The number of rotatable bonds is 4. The SMILES string of the molecule is CN(CC(=O)Nc1ccccc1)C(=O)C1CCCCC1N. The van der Waals surface area contributed by atoms with Crippen LogP contribution in [-0.2, 0) is 9.59 Å². The zero-order chi connectivity index (χ0) is 15.2. The van der Waals surface area contributed by atoms with Gasteiger partial charge in [0.15, 0.2) is 0 Å². The lowest BCUT2D eigenvalue weighted by Crippen LogP contribution is -2.46. The molecular weight excluding hydrogens is 266 g/mol.